The maximum atomic E-state index is 9.75. The van der Waals surface area contributed by atoms with Gasteiger partial charge in [0.25, 0.3) is 0 Å². The quantitative estimate of drug-likeness (QED) is 0.572. The van der Waals surface area contributed by atoms with E-state index in [1.807, 2.05) is 0 Å². The smallest absolute Gasteiger partial charge is 0.0583 e. The van der Waals surface area contributed by atoms with E-state index >= 15 is 0 Å². The summed E-state index contributed by atoms with van der Waals surface area (Å²) in [6.45, 7) is 2.25. The Morgan fingerprint density at radius 3 is 2.83 bits per heavy atom. The third-order valence-corrected chi connectivity index (χ3v) is 3.46. The number of fused-ring (bicyclic) bond motifs is 1. The first-order valence-electron chi connectivity index (χ1n) is 5.21. The summed E-state index contributed by atoms with van der Waals surface area (Å²) in [7, 11) is 0. The lowest BCUT2D eigenvalue weighted by Crippen LogP contribution is -2.52. The van der Waals surface area contributed by atoms with Gasteiger partial charge in [-0.25, -0.2) is 0 Å². The summed E-state index contributed by atoms with van der Waals surface area (Å²) >= 11 is 0. The molecule has 0 aromatic carbocycles. The van der Waals surface area contributed by atoms with Gasteiger partial charge in [0, 0.05) is 18.0 Å². The van der Waals surface area contributed by atoms with Gasteiger partial charge >= 0.3 is 0 Å². The Bertz CT molecular complexity index is 160. The molecular formula is C10H19NO. The summed E-state index contributed by atoms with van der Waals surface area (Å²) in [5.41, 5.74) is 0. The largest absolute Gasteiger partial charge is 0.393 e. The van der Waals surface area contributed by atoms with E-state index in [9.17, 15) is 5.11 Å². The van der Waals surface area contributed by atoms with Crippen molar-refractivity contribution in [1.29, 1.82) is 0 Å². The maximum absolute atomic E-state index is 9.75. The highest BCUT2D eigenvalue weighted by atomic mass is 16.3. The molecule has 4 atom stereocenters. The van der Waals surface area contributed by atoms with Gasteiger partial charge in [-0.15, -0.1) is 0 Å². The Kier molecular flexibility index (Phi) is 2.37. The van der Waals surface area contributed by atoms with Gasteiger partial charge in [0.05, 0.1) is 6.10 Å². The van der Waals surface area contributed by atoms with Crippen LogP contribution in [0.3, 0.4) is 0 Å². The molecule has 0 radical (unpaired) electrons. The number of piperidine rings is 1. The molecule has 0 spiro atoms. The normalized spacial score (nSPS) is 48.5. The van der Waals surface area contributed by atoms with E-state index < -0.39 is 0 Å². The van der Waals surface area contributed by atoms with Crippen molar-refractivity contribution < 1.29 is 5.11 Å². The highest BCUT2D eigenvalue weighted by Gasteiger charge is 2.35. The molecule has 1 heterocycles. The van der Waals surface area contributed by atoms with Gasteiger partial charge in [-0.3, -0.25) is 0 Å². The molecule has 0 aromatic heterocycles. The minimum atomic E-state index is -0.0243. The average molecular weight is 169 g/mol. The summed E-state index contributed by atoms with van der Waals surface area (Å²) in [5, 5.41) is 13.3. The molecule has 2 rings (SSSR count). The Hall–Kier alpha value is -0.0800. The van der Waals surface area contributed by atoms with Crippen LogP contribution in [-0.4, -0.2) is 23.3 Å². The van der Waals surface area contributed by atoms with Crippen LogP contribution in [-0.2, 0) is 0 Å². The second kappa shape index (κ2) is 3.35. The van der Waals surface area contributed by atoms with Gasteiger partial charge in [-0.05, 0) is 39.0 Å². The van der Waals surface area contributed by atoms with Crippen LogP contribution in [0.1, 0.15) is 39.0 Å². The lowest BCUT2D eigenvalue weighted by molar-refractivity contribution is 0.0229. The van der Waals surface area contributed by atoms with Gasteiger partial charge in [-0.1, -0.05) is 0 Å². The molecule has 1 saturated carbocycles. The number of rotatable bonds is 0. The zero-order chi connectivity index (χ0) is 8.55. The second-order valence-corrected chi connectivity index (χ2v) is 4.41. The molecule has 4 unspecified atom stereocenters. The number of hydrogen-bond donors (Lipinski definition) is 2. The summed E-state index contributed by atoms with van der Waals surface area (Å²) < 4.78 is 0. The van der Waals surface area contributed by atoms with Crippen molar-refractivity contribution in [3.05, 3.63) is 0 Å². The molecule has 2 nitrogen and oxygen atoms in total. The zero-order valence-electron chi connectivity index (χ0n) is 7.79. The first kappa shape index (κ1) is 8.52. The molecular weight excluding hydrogens is 150 g/mol. The van der Waals surface area contributed by atoms with E-state index in [1.165, 1.54) is 25.7 Å². The van der Waals surface area contributed by atoms with Crippen LogP contribution in [0.4, 0.5) is 0 Å². The van der Waals surface area contributed by atoms with Gasteiger partial charge in [-0.2, -0.15) is 0 Å². The molecule has 2 aliphatic rings. The lowest BCUT2D eigenvalue weighted by Gasteiger charge is -2.42. The third kappa shape index (κ3) is 1.50. The monoisotopic (exact) mass is 169 g/mol. The third-order valence-electron chi connectivity index (χ3n) is 3.46. The van der Waals surface area contributed by atoms with Crippen molar-refractivity contribution in [2.24, 2.45) is 5.92 Å². The van der Waals surface area contributed by atoms with Gasteiger partial charge in [0.15, 0.2) is 0 Å². The summed E-state index contributed by atoms with van der Waals surface area (Å²) in [4.78, 5) is 0. The van der Waals surface area contributed by atoms with Crippen LogP contribution in [0.5, 0.6) is 0 Å². The molecule has 0 bridgehead atoms. The molecule has 12 heavy (non-hydrogen) atoms. The lowest BCUT2D eigenvalue weighted by atomic mass is 9.76. The number of aliphatic hydroxyl groups excluding tert-OH is 1. The summed E-state index contributed by atoms with van der Waals surface area (Å²) in [6.07, 6.45) is 5.92. The Balaban J connectivity index is 1.99. The fourth-order valence-corrected chi connectivity index (χ4v) is 2.73. The second-order valence-electron chi connectivity index (χ2n) is 4.41. The topological polar surface area (TPSA) is 32.3 Å². The Morgan fingerprint density at radius 2 is 2.00 bits per heavy atom. The van der Waals surface area contributed by atoms with E-state index in [1.54, 1.807) is 0 Å². The van der Waals surface area contributed by atoms with E-state index in [2.05, 4.69) is 12.2 Å². The predicted octanol–water partition coefficient (Wildman–Crippen LogP) is 1.29. The first-order valence-corrected chi connectivity index (χ1v) is 5.21. The summed E-state index contributed by atoms with van der Waals surface area (Å²) in [5.74, 6) is 0.551. The average Bonchev–Trinajstić information content (AvgIpc) is 2.04. The fraction of sp³-hybridized carbons (Fsp3) is 1.00. The van der Waals surface area contributed by atoms with Gasteiger partial charge in [0.2, 0.25) is 0 Å². The summed E-state index contributed by atoms with van der Waals surface area (Å²) in [6, 6.07) is 1.27. The fourth-order valence-electron chi connectivity index (χ4n) is 2.73. The molecule has 1 aliphatic heterocycles. The number of nitrogens with one attached hydrogen (secondary N) is 1. The molecule has 2 fully saturated rings. The Morgan fingerprint density at radius 1 is 1.17 bits per heavy atom. The predicted molar refractivity (Wildman–Crippen MR) is 49.0 cm³/mol. The van der Waals surface area contributed by atoms with Crippen molar-refractivity contribution in [2.75, 3.05) is 0 Å². The van der Waals surface area contributed by atoms with Crippen molar-refractivity contribution in [1.82, 2.24) is 5.32 Å². The number of hydrogen-bond acceptors (Lipinski definition) is 2. The molecule has 0 aromatic rings. The zero-order valence-corrected chi connectivity index (χ0v) is 7.79. The molecule has 1 saturated heterocycles. The van der Waals surface area contributed by atoms with Crippen LogP contribution in [0.2, 0.25) is 0 Å². The molecule has 2 heteroatoms. The minimum Gasteiger partial charge on any atom is -0.393 e. The minimum absolute atomic E-state index is 0.0243. The highest BCUT2D eigenvalue weighted by molar-refractivity contribution is 4.91. The van der Waals surface area contributed by atoms with Gasteiger partial charge in [0.1, 0.15) is 0 Å². The van der Waals surface area contributed by atoms with Gasteiger partial charge < -0.3 is 10.4 Å². The van der Waals surface area contributed by atoms with Crippen LogP contribution < -0.4 is 5.32 Å². The standard InChI is InChI=1S/C10H19NO/c1-7-5-6-8-9(11-7)3-2-4-10(8)12/h7-12H,2-6H2,1H3. The van der Waals surface area contributed by atoms with E-state index in [0.29, 0.717) is 18.0 Å². The van der Waals surface area contributed by atoms with Crippen molar-refractivity contribution in [3.8, 4) is 0 Å². The highest BCUT2D eigenvalue weighted by Crippen LogP contribution is 2.32. The van der Waals surface area contributed by atoms with Crippen molar-refractivity contribution in [2.45, 2.75) is 57.2 Å². The maximum Gasteiger partial charge on any atom is 0.0583 e. The van der Waals surface area contributed by atoms with Crippen LogP contribution >= 0.6 is 0 Å². The molecule has 0 amide bonds. The molecule has 2 N–H and O–H groups in total. The Labute approximate surface area is 74.4 Å². The van der Waals surface area contributed by atoms with Crippen LogP contribution in [0, 0.1) is 5.92 Å². The molecule has 70 valence electrons. The van der Waals surface area contributed by atoms with E-state index in [0.717, 1.165) is 6.42 Å². The van der Waals surface area contributed by atoms with Crippen molar-refractivity contribution >= 4 is 0 Å². The number of aliphatic hydroxyl groups is 1. The first-order chi connectivity index (χ1) is 5.77. The van der Waals surface area contributed by atoms with E-state index in [-0.39, 0.29) is 6.10 Å². The van der Waals surface area contributed by atoms with E-state index in [4.69, 9.17) is 0 Å². The molecule has 1 aliphatic carbocycles. The van der Waals surface area contributed by atoms with Crippen LogP contribution in [0.25, 0.3) is 0 Å². The van der Waals surface area contributed by atoms with Crippen molar-refractivity contribution in [3.63, 3.8) is 0 Å². The SMILES string of the molecule is CC1CCC2C(O)CCCC2N1. The van der Waals surface area contributed by atoms with Crippen LogP contribution in [0.15, 0.2) is 0 Å².